The van der Waals surface area contributed by atoms with Crippen LogP contribution in [-0.4, -0.2) is 32.3 Å². The maximum atomic E-state index is 11.6. The van der Waals surface area contributed by atoms with E-state index in [4.69, 9.17) is 9.47 Å². The molecule has 0 atom stereocenters. The number of benzene rings is 2. The van der Waals surface area contributed by atoms with E-state index >= 15 is 0 Å². The highest BCUT2D eigenvalue weighted by Gasteiger charge is 2.13. The molecule has 0 bridgehead atoms. The summed E-state index contributed by atoms with van der Waals surface area (Å²) in [5.41, 5.74) is 0.371. The van der Waals surface area contributed by atoms with Crippen molar-refractivity contribution in [3.63, 3.8) is 0 Å². The van der Waals surface area contributed by atoms with E-state index in [1.165, 1.54) is 27.3 Å². The second-order valence-corrected chi connectivity index (χ2v) is 4.00. The number of carbonyl (C=O) groups excluding carboxylic acids is 1. The van der Waals surface area contributed by atoms with Gasteiger partial charge < -0.3 is 19.9 Å². The van der Waals surface area contributed by atoms with Crippen LogP contribution in [0.15, 0.2) is 24.3 Å². The van der Waals surface area contributed by atoms with Crippen molar-refractivity contribution in [2.24, 2.45) is 0 Å². The highest BCUT2D eigenvalue weighted by Crippen LogP contribution is 2.36. The van der Waals surface area contributed by atoms with Crippen LogP contribution in [0.2, 0.25) is 0 Å². The normalized spacial score (nSPS) is 10.3. The molecule has 2 N–H and O–H groups in total. The maximum absolute atomic E-state index is 11.6. The topological polar surface area (TPSA) is 67.8 Å². The standard InChI is InChI=1S/C14H15NO4/c1-15-14(17)8-4-11-10(12(16)5-8)6-9(18-2)7-13(11)19-3/h4-7,16H,1-3H3,(H,15,17). The monoisotopic (exact) mass is 261 g/mol. The van der Waals surface area contributed by atoms with Gasteiger partial charge in [0.15, 0.2) is 0 Å². The Hall–Kier alpha value is -2.43. The lowest BCUT2D eigenvalue weighted by Gasteiger charge is -2.11. The van der Waals surface area contributed by atoms with Crippen molar-refractivity contribution < 1.29 is 19.4 Å². The maximum Gasteiger partial charge on any atom is 0.251 e. The Balaban J connectivity index is 2.76. The highest BCUT2D eigenvalue weighted by molar-refractivity contribution is 6.03. The van der Waals surface area contributed by atoms with Gasteiger partial charge in [-0.05, 0) is 18.2 Å². The molecular weight excluding hydrogens is 246 g/mol. The van der Waals surface area contributed by atoms with E-state index in [0.717, 1.165) is 0 Å². The van der Waals surface area contributed by atoms with Crippen molar-refractivity contribution in [2.75, 3.05) is 21.3 Å². The van der Waals surface area contributed by atoms with Crippen LogP contribution in [0.4, 0.5) is 0 Å². The minimum absolute atomic E-state index is 0.00769. The summed E-state index contributed by atoms with van der Waals surface area (Å²) in [7, 11) is 4.60. The Labute approximate surface area is 110 Å². The second-order valence-electron chi connectivity index (χ2n) is 4.00. The van der Waals surface area contributed by atoms with Crippen LogP contribution >= 0.6 is 0 Å². The number of aromatic hydroxyl groups is 1. The van der Waals surface area contributed by atoms with Gasteiger partial charge in [-0.1, -0.05) is 0 Å². The second kappa shape index (κ2) is 5.06. The van der Waals surface area contributed by atoms with Crippen LogP contribution in [0.5, 0.6) is 17.2 Å². The SMILES string of the molecule is CNC(=O)c1cc(O)c2cc(OC)cc(OC)c2c1. The molecule has 0 radical (unpaired) electrons. The van der Waals surface area contributed by atoms with E-state index in [0.29, 0.717) is 27.8 Å². The molecule has 1 amide bonds. The molecule has 0 aromatic heterocycles. The van der Waals surface area contributed by atoms with E-state index < -0.39 is 0 Å². The molecule has 0 aliphatic carbocycles. The molecule has 0 aliphatic rings. The molecule has 0 saturated carbocycles. The Morgan fingerprint density at radius 2 is 1.84 bits per heavy atom. The fraction of sp³-hybridized carbons (Fsp3) is 0.214. The van der Waals surface area contributed by atoms with Crippen LogP contribution in [0.25, 0.3) is 10.8 Å². The molecule has 2 aromatic carbocycles. The van der Waals surface area contributed by atoms with Crippen molar-refractivity contribution in [3.05, 3.63) is 29.8 Å². The van der Waals surface area contributed by atoms with Crippen LogP contribution in [0.1, 0.15) is 10.4 Å². The van der Waals surface area contributed by atoms with Crippen molar-refractivity contribution >= 4 is 16.7 Å². The summed E-state index contributed by atoms with van der Waals surface area (Å²) in [6, 6.07) is 6.49. The summed E-state index contributed by atoms with van der Waals surface area (Å²) in [6.07, 6.45) is 0. The van der Waals surface area contributed by atoms with Gasteiger partial charge >= 0.3 is 0 Å². The summed E-state index contributed by atoms with van der Waals surface area (Å²) in [5.74, 6) is 0.853. The molecule has 5 heteroatoms. The third kappa shape index (κ3) is 2.27. The first-order valence-electron chi connectivity index (χ1n) is 5.71. The fourth-order valence-electron chi connectivity index (χ4n) is 1.95. The molecule has 19 heavy (non-hydrogen) atoms. The number of nitrogens with one attached hydrogen (secondary N) is 1. The third-order valence-electron chi connectivity index (χ3n) is 2.93. The lowest BCUT2D eigenvalue weighted by Crippen LogP contribution is -2.17. The van der Waals surface area contributed by atoms with Gasteiger partial charge in [0, 0.05) is 29.4 Å². The quantitative estimate of drug-likeness (QED) is 0.885. The number of carbonyl (C=O) groups is 1. The predicted octanol–water partition coefficient (Wildman–Crippen LogP) is 1.92. The van der Waals surface area contributed by atoms with Crippen molar-refractivity contribution in [1.82, 2.24) is 5.32 Å². The van der Waals surface area contributed by atoms with Crippen LogP contribution in [-0.2, 0) is 0 Å². The number of amides is 1. The largest absolute Gasteiger partial charge is 0.507 e. The van der Waals surface area contributed by atoms with E-state index in [2.05, 4.69) is 5.32 Å². The lowest BCUT2D eigenvalue weighted by molar-refractivity contribution is 0.0963. The average Bonchev–Trinajstić information content (AvgIpc) is 2.45. The number of phenolic OH excluding ortho intramolecular Hbond substituents is 1. The molecule has 5 nitrogen and oxygen atoms in total. The first kappa shape index (κ1) is 13.0. The first-order valence-corrected chi connectivity index (χ1v) is 5.71. The van der Waals surface area contributed by atoms with Gasteiger partial charge in [0.25, 0.3) is 5.91 Å². The minimum atomic E-state index is -0.268. The number of hydrogen-bond acceptors (Lipinski definition) is 4. The molecule has 0 heterocycles. The van der Waals surface area contributed by atoms with Crippen molar-refractivity contribution in [1.29, 1.82) is 0 Å². The van der Waals surface area contributed by atoms with Crippen LogP contribution < -0.4 is 14.8 Å². The summed E-state index contributed by atoms with van der Waals surface area (Å²) in [6.45, 7) is 0. The fourth-order valence-corrected chi connectivity index (χ4v) is 1.95. The van der Waals surface area contributed by atoms with Crippen LogP contribution in [0, 0.1) is 0 Å². The smallest absolute Gasteiger partial charge is 0.251 e. The van der Waals surface area contributed by atoms with Gasteiger partial charge in [0.05, 0.1) is 14.2 Å². The third-order valence-corrected chi connectivity index (χ3v) is 2.93. The molecule has 0 saturated heterocycles. The molecule has 100 valence electrons. The van der Waals surface area contributed by atoms with Crippen molar-refractivity contribution in [2.45, 2.75) is 0 Å². The van der Waals surface area contributed by atoms with E-state index in [1.807, 2.05) is 0 Å². The zero-order valence-electron chi connectivity index (χ0n) is 11.0. The van der Waals surface area contributed by atoms with Gasteiger partial charge in [-0.25, -0.2) is 0 Å². The van der Waals surface area contributed by atoms with E-state index in [9.17, 15) is 9.90 Å². The first-order chi connectivity index (χ1) is 9.10. The Bertz CT molecular complexity index is 637. The minimum Gasteiger partial charge on any atom is -0.507 e. The predicted molar refractivity (Wildman–Crippen MR) is 72.1 cm³/mol. The lowest BCUT2D eigenvalue weighted by atomic mass is 10.0. The summed E-state index contributed by atoms with van der Waals surface area (Å²) in [4.78, 5) is 11.6. The van der Waals surface area contributed by atoms with E-state index in [-0.39, 0.29) is 11.7 Å². The van der Waals surface area contributed by atoms with Gasteiger partial charge in [0.1, 0.15) is 17.2 Å². The summed E-state index contributed by atoms with van der Waals surface area (Å²) in [5, 5.41) is 13.8. The van der Waals surface area contributed by atoms with Gasteiger partial charge in [-0.3, -0.25) is 4.79 Å². The number of hydrogen-bond donors (Lipinski definition) is 2. The molecular formula is C14H15NO4. The molecule has 2 rings (SSSR count). The molecule has 0 aliphatic heterocycles. The molecule has 0 fully saturated rings. The Morgan fingerprint density at radius 1 is 1.11 bits per heavy atom. The van der Waals surface area contributed by atoms with Gasteiger partial charge in [0.2, 0.25) is 0 Å². The number of fused-ring (bicyclic) bond motifs is 1. The highest BCUT2D eigenvalue weighted by atomic mass is 16.5. The molecule has 0 unspecified atom stereocenters. The number of ether oxygens (including phenoxy) is 2. The Kier molecular flexibility index (Phi) is 3.46. The number of rotatable bonds is 3. The number of phenols is 1. The summed E-state index contributed by atoms with van der Waals surface area (Å²) >= 11 is 0. The number of methoxy groups -OCH3 is 2. The van der Waals surface area contributed by atoms with Gasteiger partial charge in [-0.2, -0.15) is 0 Å². The Morgan fingerprint density at radius 3 is 2.42 bits per heavy atom. The average molecular weight is 261 g/mol. The molecule has 2 aromatic rings. The summed E-state index contributed by atoms with van der Waals surface area (Å²) < 4.78 is 10.4. The zero-order valence-corrected chi connectivity index (χ0v) is 11.0. The molecule has 0 spiro atoms. The zero-order chi connectivity index (χ0) is 14.0. The van der Waals surface area contributed by atoms with E-state index in [1.54, 1.807) is 18.2 Å². The van der Waals surface area contributed by atoms with Crippen molar-refractivity contribution in [3.8, 4) is 17.2 Å². The van der Waals surface area contributed by atoms with Crippen LogP contribution in [0.3, 0.4) is 0 Å². The van der Waals surface area contributed by atoms with Gasteiger partial charge in [-0.15, -0.1) is 0 Å².